The van der Waals surface area contributed by atoms with Crippen molar-refractivity contribution in [1.82, 2.24) is 4.90 Å². The minimum atomic E-state index is -0.516. The summed E-state index contributed by atoms with van der Waals surface area (Å²) in [5.41, 5.74) is 6.41. The average molecular weight is 275 g/mol. The second-order valence-electron chi connectivity index (χ2n) is 4.82. The van der Waals surface area contributed by atoms with Crippen molar-refractivity contribution in [2.75, 3.05) is 11.9 Å². The van der Waals surface area contributed by atoms with Gasteiger partial charge >= 0.3 is 0 Å². The molecule has 2 rings (SSSR count). The Kier molecular flexibility index (Phi) is 4.02. The van der Waals surface area contributed by atoms with Crippen molar-refractivity contribution in [3.63, 3.8) is 0 Å². The second kappa shape index (κ2) is 5.73. The summed E-state index contributed by atoms with van der Waals surface area (Å²) in [6.07, 6.45) is 1.40. The molecule has 106 valence electrons. The van der Waals surface area contributed by atoms with E-state index in [0.717, 1.165) is 6.42 Å². The van der Waals surface area contributed by atoms with Crippen LogP contribution in [0.4, 0.5) is 5.69 Å². The molecule has 1 saturated heterocycles. The lowest BCUT2D eigenvalue weighted by molar-refractivity contribution is -0.121. The summed E-state index contributed by atoms with van der Waals surface area (Å²) in [7, 11) is 0. The molecule has 1 unspecified atom stereocenters. The number of primary amides is 1. The van der Waals surface area contributed by atoms with E-state index in [1.165, 1.54) is 11.8 Å². The minimum Gasteiger partial charge on any atom is -0.368 e. The number of nitrogens with zero attached hydrogens (tertiary/aromatic N) is 1. The van der Waals surface area contributed by atoms with E-state index in [9.17, 15) is 14.4 Å². The number of anilines is 1. The molecule has 1 fully saturated rings. The average Bonchev–Trinajstić information content (AvgIpc) is 2.87. The van der Waals surface area contributed by atoms with Crippen LogP contribution in [-0.4, -0.2) is 35.2 Å². The van der Waals surface area contributed by atoms with Gasteiger partial charge in [-0.15, -0.1) is 0 Å². The minimum absolute atomic E-state index is 0.169. The van der Waals surface area contributed by atoms with Gasteiger partial charge in [0.25, 0.3) is 5.91 Å². The second-order valence-corrected chi connectivity index (χ2v) is 4.82. The number of hydrogen-bond acceptors (Lipinski definition) is 3. The first-order valence-electron chi connectivity index (χ1n) is 6.47. The van der Waals surface area contributed by atoms with E-state index >= 15 is 0 Å². The van der Waals surface area contributed by atoms with Crippen LogP contribution in [0.5, 0.6) is 0 Å². The standard InChI is InChI=1S/C14H17N3O3/c1-9(18)16-11-6-4-10(5-7-11)14(20)17-8-2-3-12(17)13(15)19/h4-7,12H,2-3,8H2,1H3,(H2,15,19)(H,16,18). The van der Waals surface area contributed by atoms with Gasteiger partial charge in [-0.25, -0.2) is 0 Å². The molecule has 6 heteroatoms. The maximum Gasteiger partial charge on any atom is 0.254 e. The monoisotopic (exact) mass is 275 g/mol. The molecule has 1 heterocycles. The number of rotatable bonds is 3. The predicted molar refractivity (Wildman–Crippen MR) is 74.0 cm³/mol. The fourth-order valence-corrected chi connectivity index (χ4v) is 2.37. The zero-order valence-electron chi connectivity index (χ0n) is 11.3. The number of nitrogens with two attached hydrogens (primary N) is 1. The van der Waals surface area contributed by atoms with Gasteiger partial charge in [0, 0.05) is 24.7 Å². The summed E-state index contributed by atoms with van der Waals surface area (Å²) in [6.45, 7) is 1.96. The van der Waals surface area contributed by atoms with Gasteiger partial charge < -0.3 is 16.0 Å². The van der Waals surface area contributed by atoms with E-state index < -0.39 is 11.9 Å². The molecule has 1 aromatic carbocycles. The Morgan fingerprint density at radius 3 is 2.45 bits per heavy atom. The summed E-state index contributed by atoms with van der Waals surface area (Å²) in [6, 6.07) is 6.06. The van der Waals surface area contributed by atoms with Crippen LogP contribution in [0.2, 0.25) is 0 Å². The highest BCUT2D eigenvalue weighted by Crippen LogP contribution is 2.20. The SMILES string of the molecule is CC(=O)Nc1ccc(C(=O)N2CCCC2C(N)=O)cc1. The van der Waals surface area contributed by atoms with Crippen LogP contribution in [0.3, 0.4) is 0 Å². The molecule has 0 aliphatic carbocycles. The Balaban J connectivity index is 2.13. The van der Waals surface area contributed by atoms with Gasteiger partial charge in [-0.05, 0) is 37.1 Å². The Labute approximate surface area is 116 Å². The van der Waals surface area contributed by atoms with E-state index in [-0.39, 0.29) is 11.8 Å². The van der Waals surface area contributed by atoms with Crippen LogP contribution >= 0.6 is 0 Å². The zero-order valence-corrected chi connectivity index (χ0v) is 11.3. The topological polar surface area (TPSA) is 92.5 Å². The van der Waals surface area contributed by atoms with Gasteiger partial charge in [0.1, 0.15) is 6.04 Å². The fourth-order valence-electron chi connectivity index (χ4n) is 2.37. The molecule has 0 spiro atoms. The maximum atomic E-state index is 12.3. The van der Waals surface area contributed by atoms with Crippen LogP contribution in [0.15, 0.2) is 24.3 Å². The van der Waals surface area contributed by atoms with E-state index in [4.69, 9.17) is 5.73 Å². The van der Waals surface area contributed by atoms with Gasteiger partial charge in [-0.3, -0.25) is 14.4 Å². The number of carbonyl (C=O) groups is 3. The Bertz CT molecular complexity index is 539. The number of nitrogens with one attached hydrogen (secondary N) is 1. The van der Waals surface area contributed by atoms with Crippen molar-refractivity contribution in [2.45, 2.75) is 25.8 Å². The van der Waals surface area contributed by atoms with Gasteiger partial charge in [0.2, 0.25) is 11.8 Å². The van der Waals surface area contributed by atoms with Gasteiger partial charge in [-0.1, -0.05) is 0 Å². The van der Waals surface area contributed by atoms with Crippen LogP contribution in [0.1, 0.15) is 30.1 Å². The zero-order chi connectivity index (χ0) is 14.7. The van der Waals surface area contributed by atoms with Crippen LogP contribution in [-0.2, 0) is 9.59 Å². The summed E-state index contributed by atoms with van der Waals surface area (Å²) >= 11 is 0. The number of benzene rings is 1. The Morgan fingerprint density at radius 1 is 1.25 bits per heavy atom. The molecule has 1 aliphatic rings. The molecule has 6 nitrogen and oxygen atoms in total. The van der Waals surface area contributed by atoms with Crippen molar-refractivity contribution in [3.05, 3.63) is 29.8 Å². The van der Waals surface area contributed by atoms with Crippen molar-refractivity contribution >= 4 is 23.4 Å². The molecule has 0 aromatic heterocycles. The normalized spacial score (nSPS) is 17.9. The predicted octanol–water partition coefficient (Wildman–Crippen LogP) is 0.735. The van der Waals surface area contributed by atoms with Gasteiger partial charge in [-0.2, -0.15) is 0 Å². The van der Waals surface area contributed by atoms with Crippen LogP contribution in [0.25, 0.3) is 0 Å². The van der Waals surface area contributed by atoms with E-state index in [0.29, 0.717) is 24.2 Å². The molecular formula is C14H17N3O3. The molecular weight excluding hydrogens is 258 g/mol. The maximum absolute atomic E-state index is 12.3. The van der Waals surface area contributed by atoms with Crippen LogP contribution in [0, 0.1) is 0 Å². The number of hydrogen-bond donors (Lipinski definition) is 2. The van der Waals surface area contributed by atoms with Crippen molar-refractivity contribution < 1.29 is 14.4 Å². The van der Waals surface area contributed by atoms with E-state index in [2.05, 4.69) is 5.32 Å². The summed E-state index contributed by atoms with van der Waals surface area (Å²) < 4.78 is 0. The molecule has 0 bridgehead atoms. The summed E-state index contributed by atoms with van der Waals surface area (Å²) in [5, 5.41) is 2.63. The molecule has 1 atom stereocenters. The molecule has 3 N–H and O–H groups in total. The lowest BCUT2D eigenvalue weighted by atomic mass is 10.1. The van der Waals surface area contributed by atoms with E-state index in [1.54, 1.807) is 24.3 Å². The Morgan fingerprint density at radius 2 is 1.90 bits per heavy atom. The third kappa shape index (κ3) is 2.96. The highest BCUT2D eigenvalue weighted by molar-refractivity contribution is 5.98. The number of carbonyl (C=O) groups excluding carboxylic acids is 3. The summed E-state index contributed by atoms with van der Waals surface area (Å²) in [5.74, 6) is -0.844. The highest BCUT2D eigenvalue weighted by atomic mass is 16.2. The largest absolute Gasteiger partial charge is 0.368 e. The number of amides is 3. The molecule has 1 aromatic rings. The lowest BCUT2D eigenvalue weighted by Crippen LogP contribution is -2.43. The Hall–Kier alpha value is -2.37. The molecule has 1 aliphatic heterocycles. The molecule has 0 saturated carbocycles. The lowest BCUT2D eigenvalue weighted by Gasteiger charge is -2.22. The summed E-state index contributed by atoms with van der Waals surface area (Å²) in [4.78, 5) is 36.1. The smallest absolute Gasteiger partial charge is 0.254 e. The quantitative estimate of drug-likeness (QED) is 0.852. The fraction of sp³-hybridized carbons (Fsp3) is 0.357. The molecule has 20 heavy (non-hydrogen) atoms. The van der Waals surface area contributed by atoms with Gasteiger partial charge in [0.15, 0.2) is 0 Å². The van der Waals surface area contributed by atoms with Crippen molar-refractivity contribution in [3.8, 4) is 0 Å². The van der Waals surface area contributed by atoms with Crippen molar-refractivity contribution in [1.29, 1.82) is 0 Å². The van der Waals surface area contributed by atoms with Crippen LogP contribution < -0.4 is 11.1 Å². The van der Waals surface area contributed by atoms with E-state index in [1.807, 2.05) is 0 Å². The number of likely N-dealkylation sites (tertiary alicyclic amines) is 1. The molecule has 3 amide bonds. The van der Waals surface area contributed by atoms with Gasteiger partial charge in [0.05, 0.1) is 0 Å². The first-order valence-corrected chi connectivity index (χ1v) is 6.47. The third-order valence-corrected chi connectivity index (χ3v) is 3.29. The van der Waals surface area contributed by atoms with Crippen molar-refractivity contribution in [2.24, 2.45) is 5.73 Å². The molecule has 0 radical (unpaired) electrons. The third-order valence-electron chi connectivity index (χ3n) is 3.29. The highest BCUT2D eigenvalue weighted by Gasteiger charge is 2.32. The first kappa shape index (κ1) is 14.0. The first-order chi connectivity index (χ1) is 9.49.